The van der Waals surface area contributed by atoms with Crippen LogP contribution in [0.1, 0.15) is 25.3 Å². The first-order chi connectivity index (χ1) is 11.1. The van der Waals surface area contributed by atoms with Crippen molar-refractivity contribution in [3.63, 3.8) is 0 Å². The first-order valence-electron chi connectivity index (χ1n) is 7.92. The molecule has 2 N–H and O–H groups in total. The Kier molecular flexibility index (Phi) is 8.57. The molecule has 128 valence electrons. The second kappa shape index (κ2) is 10.5. The van der Waals surface area contributed by atoms with Crippen molar-refractivity contribution in [1.82, 2.24) is 15.5 Å². The summed E-state index contributed by atoms with van der Waals surface area (Å²) in [5, 5.41) is 6.33. The molecule has 6 heteroatoms. The van der Waals surface area contributed by atoms with Gasteiger partial charge in [0.2, 0.25) is 5.91 Å². The summed E-state index contributed by atoms with van der Waals surface area (Å²) in [5.41, 5.74) is 1.06. The van der Waals surface area contributed by atoms with E-state index in [9.17, 15) is 4.79 Å². The third-order valence-corrected chi connectivity index (χ3v) is 3.28. The standard InChI is InChI=1S/C17H28N4O2/c1-5-6-10-18-17(20-13-16(22)21(2)3)19-12-14-8-7-9-15(11-14)23-4/h7-9,11H,5-6,10,12-13H2,1-4H3,(H2,18,19,20). The Bertz CT molecular complexity index is 515. The molecule has 0 aliphatic carbocycles. The lowest BCUT2D eigenvalue weighted by Gasteiger charge is -2.15. The van der Waals surface area contributed by atoms with E-state index in [1.165, 1.54) is 0 Å². The molecule has 0 heterocycles. The van der Waals surface area contributed by atoms with Crippen molar-refractivity contribution in [2.24, 2.45) is 4.99 Å². The van der Waals surface area contributed by atoms with Gasteiger partial charge < -0.3 is 20.3 Å². The molecule has 0 radical (unpaired) electrons. The van der Waals surface area contributed by atoms with Crippen molar-refractivity contribution >= 4 is 11.9 Å². The Labute approximate surface area is 138 Å². The van der Waals surface area contributed by atoms with Crippen LogP contribution in [-0.2, 0) is 11.3 Å². The molecule has 1 rings (SSSR count). The molecule has 0 aliphatic heterocycles. The topological polar surface area (TPSA) is 66.0 Å². The van der Waals surface area contributed by atoms with Crippen LogP contribution in [0.4, 0.5) is 0 Å². The Morgan fingerprint density at radius 2 is 2.09 bits per heavy atom. The molecule has 0 unspecified atom stereocenters. The minimum atomic E-state index is 0.0105. The van der Waals surface area contributed by atoms with E-state index in [1.54, 1.807) is 26.1 Å². The molecule has 1 aromatic carbocycles. The first-order valence-corrected chi connectivity index (χ1v) is 7.92. The molecule has 0 spiro atoms. The molecule has 0 bridgehead atoms. The number of hydrogen-bond donors (Lipinski definition) is 2. The van der Waals surface area contributed by atoms with Crippen LogP contribution in [0.25, 0.3) is 0 Å². The minimum Gasteiger partial charge on any atom is -0.497 e. The lowest BCUT2D eigenvalue weighted by molar-refractivity contribution is -0.127. The zero-order valence-electron chi connectivity index (χ0n) is 14.6. The summed E-state index contributed by atoms with van der Waals surface area (Å²) in [4.78, 5) is 17.8. The number of nitrogens with one attached hydrogen (secondary N) is 2. The van der Waals surface area contributed by atoms with Gasteiger partial charge in [-0.2, -0.15) is 0 Å². The van der Waals surface area contributed by atoms with E-state index in [2.05, 4.69) is 22.5 Å². The van der Waals surface area contributed by atoms with Crippen LogP contribution in [-0.4, -0.2) is 51.1 Å². The zero-order valence-corrected chi connectivity index (χ0v) is 14.6. The van der Waals surface area contributed by atoms with E-state index in [0.29, 0.717) is 12.5 Å². The van der Waals surface area contributed by atoms with Crippen molar-refractivity contribution in [1.29, 1.82) is 0 Å². The normalized spacial score (nSPS) is 11.0. The predicted molar refractivity (Wildman–Crippen MR) is 93.7 cm³/mol. The van der Waals surface area contributed by atoms with Crippen molar-refractivity contribution in [3.8, 4) is 5.75 Å². The lowest BCUT2D eigenvalue weighted by Crippen LogP contribution is -2.43. The number of unbranched alkanes of at least 4 members (excludes halogenated alkanes) is 1. The van der Waals surface area contributed by atoms with E-state index in [4.69, 9.17) is 4.74 Å². The van der Waals surface area contributed by atoms with Gasteiger partial charge in [0.25, 0.3) is 0 Å². The van der Waals surface area contributed by atoms with Gasteiger partial charge in [0, 0.05) is 20.6 Å². The summed E-state index contributed by atoms with van der Waals surface area (Å²) in [6.45, 7) is 3.71. The number of likely N-dealkylation sites (N-methyl/N-ethyl adjacent to an activating group) is 1. The molecule has 0 aliphatic rings. The molecule has 0 atom stereocenters. The Balaban J connectivity index is 2.66. The van der Waals surface area contributed by atoms with Crippen LogP contribution in [0.15, 0.2) is 29.3 Å². The fraction of sp³-hybridized carbons (Fsp3) is 0.529. The summed E-state index contributed by atoms with van der Waals surface area (Å²) < 4.78 is 5.22. The first kappa shape index (κ1) is 18.8. The smallest absolute Gasteiger partial charge is 0.241 e. The maximum Gasteiger partial charge on any atom is 0.241 e. The van der Waals surface area contributed by atoms with Gasteiger partial charge in [-0.05, 0) is 24.1 Å². The quantitative estimate of drug-likeness (QED) is 0.434. The number of ether oxygens (including phenoxy) is 1. The van der Waals surface area contributed by atoms with Crippen LogP contribution in [0.2, 0.25) is 0 Å². The average Bonchev–Trinajstić information content (AvgIpc) is 2.56. The SMILES string of the molecule is CCCCNC(=NCc1cccc(OC)c1)NCC(=O)N(C)C. The van der Waals surface area contributed by atoms with Crippen LogP contribution in [0.3, 0.4) is 0 Å². The number of benzene rings is 1. The highest BCUT2D eigenvalue weighted by Crippen LogP contribution is 2.13. The summed E-state index contributed by atoms with van der Waals surface area (Å²) in [5.74, 6) is 1.47. The highest BCUT2D eigenvalue weighted by atomic mass is 16.5. The largest absolute Gasteiger partial charge is 0.497 e. The van der Waals surface area contributed by atoms with E-state index < -0.39 is 0 Å². The fourth-order valence-corrected chi connectivity index (χ4v) is 1.82. The van der Waals surface area contributed by atoms with Crippen molar-refractivity contribution in [2.45, 2.75) is 26.3 Å². The van der Waals surface area contributed by atoms with Gasteiger partial charge >= 0.3 is 0 Å². The van der Waals surface area contributed by atoms with Crippen LogP contribution < -0.4 is 15.4 Å². The number of rotatable bonds is 8. The van der Waals surface area contributed by atoms with E-state index in [-0.39, 0.29) is 12.5 Å². The van der Waals surface area contributed by atoms with Gasteiger partial charge in [0.15, 0.2) is 5.96 Å². The van der Waals surface area contributed by atoms with Crippen LogP contribution >= 0.6 is 0 Å². The van der Waals surface area contributed by atoms with Gasteiger partial charge in [-0.25, -0.2) is 4.99 Å². The van der Waals surface area contributed by atoms with Crippen molar-refractivity contribution < 1.29 is 9.53 Å². The number of carbonyl (C=O) groups excluding carboxylic acids is 1. The average molecular weight is 320 g/mol. The highest BCUT2D eigenvalue weighted by Gasteiger charge is 2.05. The molecular weight excluding hydrogens is 292 g/mol. The van der Waals surface area contributed by atoms with Crippen LogP contribution in [0.5, 0.6) is 5.75 Å². The third kappa shape index (κ3) is 7.54. The number of guanidine groups is 1. The number of amides is 1. The number of nitrogens with zero attached hydrogens (tertiary/aromatic N) is 2. The van der Waals surface area contributed by atoms with E-state index >= 15 is 0 Å². The van der Waals surface area contributed by atoms with Gasteiger partial charge in [-0.3, -0.25) is 4.79 Å². The van der Waals surface area contributed by atoms with Gasteiger partial charge in [-0.15, -0.1) is 0 Å². The maximum absolute atomic E-state index is 11.7. The number of carbonyl (C=O) groups is 1. The molecule has 1 aromatic rings. The molecule has 23 heavy (non-hydrogen) atoms. The molecule has 0 saturated carbocycles. The third-order valence-electron chi connectivity index (χ3n) is 3.28. The Morgan fingerprint density at radius 3 is 2.74 bits per heavy atom. The zero-order chi connectivity index (χ0) is 17.1. The number of hydrogen-bond acceptors (Lipinski definition) is 3. The Morgan fingerprint density at radius 1 is 1.30 bits per heavy atom. The monoisotopic (exact) mass is 320 g/mol. The molecule has 6 nitrogen and oxygen atoms in total. The maximum atomic E-state index is 11.7. The van der Waals surface area contributed by atoms with Gasteiger partial charge in [-0.1, -0.05) is 25.5 Å². The second-order valence-corrected chi connectivity index (χ2v) is 5.44. The second-order valence-electron chi connectivity index (χ2n) is 5.44. The van der Waals surface area contributed by atoms with Gasteiger partial charge in [0.05, 0.1) is 20.2 Å². The molecule has 1 amide bonds. The molecule has 0 fully saturated rings. The lowest BCUT2D eigenvalue weighted by atomic mass is 10.2. The highest BCUT2D eigenvalue weighted by molar-refractivity contribution is 5.86. The van der Waals surface area contributed by atoms with Crippen molar-refractivity contribution in [2.75, 3.05) is 34.3 Å². The fourth-order valence-electron chi connectivity index (χ4n) is 1.82. The van der Waals surface area contributed by atoms with E-state index in [0.717, 1.165) is 30.7 Å². The van der Waals surface area contributed by atoms with Gasteiger partial charge in [0.1, 0.15) is 5.75 Å². The minimum absolute atomic E-state index is 0.0105. The van der Waals surface area contributed by atoms with Crippen LogP contribution in [0, 0.1) is 0 Å². The molecule has 0 saturated heterocycles. The number of aliphatic imine (C=N–C) groups is 1. The summed E-state index contributed by atoms with van der Waals surface area (Å²) in [7, 11) is 5.12. The Hall–Kier alpha value is -2.24. The van der Waals surface area contributed by atoms with E-state index in [1.807, 2.05) is 24.3 Å². The molecular formula is C17H28N4O2. The summed E-state index contributed by atoms with van der Waals surface area (Å²) in [6.07, 6.45) is 2.16. The summed E-state index contributed by atoms with van der Waals surface area (Å²) in [6, 6.07) is 7.80. The predicted octanol–water partition coefficient (Wildman–Crippen LogP) is 1.62. The van der Waals surface area contributed by atoms with Crippen molar-refractivity contribution in [3.05, 3.63) is 29.8 Å². The molecule has 0 aromatic heterocycles. The number of methoxy groups -OCH3 is 1. The summed E-state index contributed by atoms with van der Waals surface area (Å²) >= 11 is 0.